The maximum atomic E-state index is 10.5. The van der Waals surface area contributed by atoms with Crippen molar-refractivity contribution in [2.45, 2.75) is 56.7 Å². The molecule has 0 bridgehead atoms. The molecule has 0 spiro atoms. The van der Waals surface area contributed by atoms with Crippen molar-refractivity contribution in [1.82, 2.24) is 0 Å². The summed E-state index contributed by atoms with van der Waals surface area (Å²) in [6.45, 7) is 5.26. The van der Waals surface area contributed by atoms with E-state index in [1.54, 1.807) is 0 Å². The lowest BCUT2D eigenvalue weighted by Gasteiger charge is -2.40. The minimum absolute atomic E-state index is 0.304. The lowest BCUT2D eigenvalue weighted by molar-refractivity contribution is -0.231. The van der Waals surface area contributed by atoms with E-state index >= 15 is 0 Å². The molecule has 2 aliphatic heterocycles. The smallest absolute Gasteiger partial charge is 0.142 e. The Morgan fingerprint density at radius 1 is 1.03 bits per heavy atom. The molecule has 0 saturated carbocycles. The van der Waals surface area contributed by atoms with Gasteiger partial charge in [0, 0.05) is 6.54 Å². The molecule has 7 heteroatoms. The number of hydrogen-bond acceptors (Lipinski definition) is 7. The van der Waals surface area contributed by atoms with Crippen LogP contribution in [-0.4, -0.2) is 64.6 Å². The van der Waals surface area contributed by atoms with E-state index in [1.165, 1.54) is 5.56 Å². The van der Waals surface area contributed by atoms with Gasteiger partial charge in [-0.05, 0) is 46.7 Å². The van der Waals surface area contributed by atoms with Gasteiger partial charge in [-0.15, -0.1) is 0 Å². The number of hydrogen-bond donors (Lipinski definition) is 5. The summed E-state index contributed by atoms with van der Waals surface area (Å²) in [4.78, 5) is 0. The summed E-state index contributed by atoms with van der Waals surface area (Å²) >= 11 is 0. The number of rotatable bonds is 5. The van der Waals surface area contributed by atoms with E-state index in [0.717, 1.165) is 29.1 Å². The first-order valence-corrected chi connectivity index (χ1v) is 10.8. The first-order valence-electron chi connectivity index (χ1n) is 10.8. The van der Waals surface area contributed by atoms with Gasteiger partial charge < -0.3 is 35.2 Å². The highest BCUT2D eigenvalue weighted by Crippen LogP contribution is 2.35. The monoisotopic (exact) mass is 429 g/mol. The van der Waals surface area contributed by atoms with Crippen molar-refractivity contribution < 1.29 is 29.9 Å². The van der Waals surface area contributed by atoms with Gasteiger partial charge in [0.05, 0.1) is 12.3 Å². The minimum Gasteiger partial charge on any atom is -0.490 e. The van der Waals surface area contributed by atoms with Crippen molar-refractivity contribution in [3.8, 4) is 5.75 Å². The molecule has 0 aromatic heterocycles. The molecular weight excluding hydrogens is 398 g/mol. The van der Waals surface area contributed by atoms with Crippen molar-refractivity contribution >= 4 is 5.69 Å². The van der Waals surface area contributed by atoms with Gasteiger partial charge in [0.15, 0.2) is 0 Å². The molecule has 1 saturated heterocycles. The zero-order chi connectivity index (χ0) is 22.1. The molecule has 5 atom stereocenters. The van der Waals surface area contributed by atoms with Crippen LogP contribution in [0.5, 0.6) is 5.75 Å². The molecule has 4 rings (SSSR count). The Balaban J connectivity index is 1.65. The third-order valence-electron chi connectivity index (χ3n) is 6.12. The Bertz CT molecular complexity index is 915. The molecule has 0 radical (unpaired) electrons. The van der Waals surface area contributed by atoms with Crippen LogP contribution in [0.2, 0.25) is 0 Å². The van der Waals surface area contributed by atoms with Crippen molar-refractivity contribution in [2.75, 3.05) is 25.1 Å². The SMILES string of the molecule is CC(C)c1ccc([C@@H]2O[C@H](CO)C(O)C(O)C2O)cc1Cc1ccc2c(c1)NCCO2. The Labute approximate surface area is 182 Å². The average Bonchev–Trinajstić information content (AvgIpc) is 2.77. The number of aliphatic hydroxyl groups excluding tert-OH is 4. The number of anilines is 1. The van der Waals surface area contributed by atoms with Gasteiger partial charge in [0.2, 0.25) is 0 Å². The minimum atomic E-state index is -1.39. The van der Waals surface area contributed by atoms with Gasteiger partial charge >= 0.3 is 0 Å². The van der Waals surface area contributed by atoms with Crippen LogP contribution in [-0.2, 0) is 11.2 Å². The molecule has 2 aromatic carbocycles. The van der Waals surface area contributed by atoms with Gasteiger partial charge in [-0.25, -0.2) is 0 Å². The molecular formula is C24H31NO6. The van der Waals surface area contributed by atoms with Gasteiger partial charge in [-0.1, -0.05) is 38.1 Å². The highest BCUT2D eigenvalue weighted by atomic mass is 16.5. The summed E-state index contributed by atoms with van der Waals surface area (Å²) in [6.07, 6.45) is -5.13. The summed E-state index contributed by atoms with van der Waals surface area (Å²) < 4.78 is 11.4. The molecule has 7 nitrogen and oxygen atoms in total. The molecule has 2 heterocycles. The number of aliphatic hydroxyl groups is 4. The number of ether oxygens (including phenoxy) is 2. The zero-order valence-corrected chi connectivity index (χ0v) is 17.9. The van der Waals surface area contributed by atoms with Gasteiger partial charge in [0.25, 0.3) is 0 Å². The van der Waals surface area contributed by atoms with Crippen molar-refractivity contribution in [2.24, 2.45) is 0 Å². The van der Waals surface area contributed by atoms with E-state index in [2.05, 4.69) is 31.3 Å². The average molecular weight is 430 g/mol. The summed E-state index contributed by atoms with van der Waals surface area (Å²) in [5.74, 6) is 1.16. The molecule has 31 heavy (non-hydrogen) atoms. The Morgan fingerprint density at radius 3 is 2.58 bits per heavy atom. The summed E-state index contributed by atoms with van der Waals surface area (Å²) in [5.41, 5.74) is 5.11. The molecule has 168 valence electrons. The predicted octanol–water partition coefficient (Wildman–Crippen LogP) is 1.72. The van der Waals surface area contributed by atoms with Crippen LogP contribution in [0.4, 0.5) is 5.69 Å². The van der Waals surface area contributed by atoms with Crippen molar-refractivity contribution in [3.05, 3.63) is 58.7 Å². The second kappa shape index (κ2) is 9.14. The maximum Gasteiger partial charge on any atom is 0.142 e. The molecule has 0 aliphatic carbocycles. The standard InChI is InChI=1S/C24H31NO6/c1-13(2)17-5-4-15(24-23(29)22(28)21(27)20(12-26)31-24)11-16(17)9-14-3-6-19-18(10-14)25-7-8-30-19/h3-6,10-11,13,20-29H,7-9,12H2,1-2H3/t20-,21?,22?,23?,24+/m1/s1. The number of benzene rings is 2. The van der Waals surface area contributed by atoms with Crippen LogP contribution in [0.3, 0.4) is 0 Å². The molecule has 1 fully saturated rings. The lowest BCUT2D eigenvalue weighted by atomic mass is 9.86. The van der Waals surface area contributed by atoms with Crippen LogP contribution in [0.15, 0.2) is 36.4 Å². The second-order valence-corrected chi connectivity index (χ2v) is 8.64. The second-order valence-electron chi connectivity index (χ2n) is 8.64. The number of fused-ring (bicyclic) bond motifs is 1. The first kappa shape index (κ1) is 22.0. The molecule has 3 unspecified atom stereocenters. The number of nitrogens with one attached hydrogen (secondary N) is 1. The lowest BCUT2D eigenvalue weighted by Crippen LogP contribution is -2.55. The van der Waals surface area contributed by atoms with Gasteiger partial charge in [-0.3, -0.25) is 0 Å². The van der Waals surface area contributed by atoms with Crippen molar-refractivity contribution in [1.29, 1.82) is 0 Å². The van der Waals surface area contributed by atoms with Crippen LogP contribution in [0.25, 0.3) is 0 Å². The fourth-order valence-corrected chi connectivity index (χ4v) is 4.41. The molecule has 0 amide bonds. The first-order chi connectivity index (χ1) is 14.9. The van der Waals surface area contributed by atoms with E-state index in [9.17, 15) is 20.4 Å². The van der Waals surface area contributed by atoms with Gasteiger partial charge in [-0.2, -0.15) is 0 Å². The molecule has 5 N–H and O–H groups in total. The van der Waals surface area contributed by atoms with E-state index < -0.39 is 37.1 Å². The summed E-state index contributed by atoms with van der Waals surface area (Å²) in [6, 6.07) is 12.0. The van der Waals surface area contributed by atoms with E-state index in [4.69, 9.17) is 9.47 Å². The fraction of sp³-hybridized carbons (Fsp3) is 0.500. The maximum absolute atomic E-state index is 10.5. The molecule has 2 aromatic rings. The third-order valence-corrected chi connectivity index (χ3v) is 6.12. The Morgan fingerprint density at radius 2 is 1.84 bits per heavy atom. The largest absolute Gasteiger partial charge is 0.490 e. The normalized spacial score (nSPS) is 28.0. The Kier molecular flexibility index (Phi) is 6.50. The van der Waals surface area contributed by atoms with E-state index in [-0.39, 0.29) is 0 Å². The van der Waals surface area contributed by atoms with Crippen LogP contribution in [0, 0.1) is 0 Å². The highest BCUT2D eigenvalue weighted by molar-refractivity contribution is 5.60. The quantitative estimate of drug-likeness (QED) is 0.492. The fourth-order valence-electron chi connectivity index (χ4n) is 4.41. The predicted molar refractivity (Wildman–Crippen MR) is 116 cm³/mol. The Hall–Kier alpha value is -2.16. The highest BCUT2D eigenvalue weighted by Gasteiger charge is 2.44. The third kappa shape index (κ3) is 4.42. The van der Waals surface area contributed by atoms with Gasteiger partial charge in [0.1, 0.15) is 42.9 Å². The molecule has 2 aliphatic rings. The summed E-state index contributed by atoms with van der Waals surface area (Å²) in [7, 11) is 0. The van der Waals surface area contributed by atoms with Crippen LogP contribution >= 0.6 is 0 Å². The van der Waals surface area contributed by atoms with Crippen LogP contribution < -0.4 is 10.1 Å². The topological polar surface area (TPSA) is 111 Å². The van der Waals surface area contributed by atoms with E-state index in [1.807, 2.05) is 24.3 Å². The van der Waals surface area contributed by atoms with Crippen LogP contribution in [0.1, 0.15) is 48.1 Å². The zero-order valence-electron chi connectivity index (χ0n) is 17.9. The summed E-state index contributed by atoms with van der Waals surface area (Å²) in [5, 5.41) is 43.6. The van der Waals surface area contributed by atoms with E-state index in [0.29, 0.717) is 24.5 Å². The van der Waals surface area contributed by atoms with Crippen molar-refractivity contribution in [3.63, 3.8) is 0 Å².